The fourth-order valence-electron chi connectivity index (χ4n) is 7.28. The highest BCUT2D eigenvalue weighted by atomic mass is 35.5. The lowest BCUT2D eigenvalue weighted by atomic mass is 9.96. The Kier molecular flexibility index (Phi) is 12.7. The summed E-state index contributed by atoms with van der Waals surface area (Å²) < 4.78 is 26.6. The summed E-state index contributed by atoms with van der Waals surface area (Å²) in [5.74, 6) is 0.0985. The predicted molar refractivity (Wildman–Crippen MR) is 212 cm³/mol. The van der Waals surface area contributed by atoms with E-state index in [-0.39, 0.29) is 11.8 Å². The molecule has 2 fully saturated rings. The molecule has 0 amide bonds. The third-order valence-corrected chi connectivity index (χ3v) is 12.1. The molecule has 0 radical (unpaired) electrons. The zero-order valence-electron chi connectivity index (χ0n) is 30.3. The van der Waals surface area contributed by atoms with Crippen LogP contribution in [0.15, 0.2) is 103 Å². The quantitative estimate of drug-likeness (QED) is 0.151. The van der Waals surface area contributed by atoms with E-state index in [1.54, 1.807) is 4.31 Å². The Balaban J connectivity index is 0.000000179. The molecule has 4 aromatic carbocycles. The Hall–Kier alpha value is -3.50. The molecule has 1 atom stereocenters. The van der Waals surface area contributed by atoms with Crippen molar-refractivity contribution in [2.24, 2.45) is 0 Å². The number of halogens is 1. The van der Waals surface area contributed by atoms with Gasteiger partial charge in [0.25, 0.3) is 0 Å². The second kappa shape index (κ2) is 17.3. The fourth-order valence-corrected chi connectivity index (χ4v) is 9.00. The number of aryl methyl sites for hydroxylation is 1. The molecule has 1 unspecified atom stereocenters. The zero-order valence-corrected chi connectivity index (χ0v) is 31.8. The van der Waals surface area contributed by atoms with Gasteiger partial charge in [0.1, 0.15) is 0 Å². The maximum atomic E-state index is 12.5. The first-order chi connectivity index (χ1) is 24.6. The molecule has 5 aromatic rings. The number of piperazine rings is 1. The van der Waals surface area contributed by atoms with Crippen LogP contribution in [0.25, 0.3) is 10.9 Å². The molecular formula is C42H52ClN5O2S. The third-order valence-electron chi connectivity index (χ3n) is 10.0. The first-order valence-corrected chi connectivity index (χ1v) is 20.2. The van der Waals surface area contributed by atoms with Gasteiger partial charge in [-0.15, -0.1) is 0 Å². The van der Waals surface area contributed by atoms with Crippen LogP contribution in [0.2, 0.25) is 5.02 Å². The first-order valence-electron chi connectivity index (χ1n) is 18.2. The van der Waals surface area contributed by atoms with Crippen LogP contribution in [0.4, 0.5) is 0 Å². The van der Waals surface area contributed by atoms with Crippen molar-refractivity contribution in [1.82, 2.24) is 24.0 Å². The number of aromatic nitrogens is 1. The highest BCUT2D eigenvalue weighted by Crippen LogP contribution is 2.31. The molecule has 2 saturated heterocycles. The van der Waals surface area contributed by atoms with Crippen LogP contribution in [0.5, 0.6) is 0 Å². The van der Waals surface area contributed by atoms with E-state index in [0.29, 0.717) is 13.1 Å². The molecule has 51 heavy (non-hydrogen) atoms. The van der Waals surface area contributed by atoms with Gasteiger partial charge in [-0.05, 0) is 92.4 Å². The standard InChI is InChI=1S/C25H27ClN2.C17H25N3O2S/c1-20-6-5-7-21(18-20)19-27-14-16-28(17-15-27)25(22-8-3-2-4-9-22)23-10-12-24(26)13-11-23;1-19(2)10-7-15-12-18-17-6-5-14(11-16(15)17)13-23(21,22)20-8-3-4-9-20/h2-13,18,25H,14-17,19H2,1H3;5-6,11-12,18H,3-4,7-10,13H2,1-2H3. The number of nitrogens with zero attached hydrogens (tertiary/aromatic N) is 4. The van der Waals surface area contributed by atoms with E-state index in [4.69, 9.17) is 11.6 Å². The van der Waals surface area contributed by atoms with Crippen LogP contribution in [0, 0.1) is 6.92 Å². The maximum Gasteiger partial charge on any atom is 0.218 e. The lowest BCUT2D eigenvalue weighted by molar-refractivity contribution is 0.105. The smallest absolute Gasteiger partial charge is 0.218 e. The summed E-state index contributed by atoms with van der Waals surface area (Å²) in [6.45, 7) is 9.82. The van der Waals surface area contributed by atoms with Crippen molar-refractivity contribution < 1.29 is 8.42 Å². The Morgan fingerprint density at radius 3 is 2.18 bits per heavy atom. The number of hydrogen-bond acceptors (Lipinski definition) is 5. The number of benzene rings is 4. The van der Waals surface area contributed by atoms with Crippen LogP contribution in [0.3, 0.4) is 0 Å². The molecule has 7 nitrogen and oxygen atoms in total. The van der Waals surface area contributed by atoms with Gasteiger partial charge >= 0.3 is 0 Å². The van der Waals surface area contributed by atoms with Crippen LogP contribution < -0.4 is 0 Å². The number of rotatable bonds is 11. The van der Waals surface area contributed by atoms with Gasteiger partial charge in [0, 0.05) is 74.5 Å². The summed E-state index contributed by atoms with van der Waals surface area (Å²) in [6.07, 6.45) is 4.94. The third kappa shape index (κ3) is 10.1. The summed E-state index contributed by atoms with van der Waals surface area (Å²) in [6, 6.07) is 34.2. The summed E-state index contributed by atoms with van der Waals surface area (Å²) in [4.78, 5) is 10.6. The second-order valence-corrected chi connectivity index (χ2v) is 16.7. The normalized spacial score (nSPS) is 16.7. The number of nitrogens with one attached hydrogen (secondary N) is 1. The molecule has 0 bridgehead atoms. The number of aromatic amines is 1. The Bertz CT molecular complexity index is 1950. The number of H-pyrrole nitrogens is 1. The van der Waals surface area contributed by atoms with E-state index < -0.39 is 10.0 Å². The van der Waals surface area contributed by atoms with E-state index in [9.17, 15) is 8.42 Å². The van der Waals surface area contributed by atoms with E-state index in [2.05, 4.69) is 107 Å². The van der Waals surface area contributed by atoms with Gasteiger partial charge in [-0.2, -0.15) is 0 Å². The van der Waals surface area contributed by atoms with E-state index in [0.717, 1.165) is 80.0 Å². The van der Waals surface area contributed by atoms with Gasteiger partial charge in [-0.3, -0.25) is 9.80 Å². The summed E-state index contributed by atoms with van der Waals surface area (Å²) in [5.41, 5.74) is 8.58. The van der Waals surface area contributed by atoms with Gasteiger partial charge < -0.3 is 9.88 Å². The Morgan fingerprint density at radius 2 is 1.49 bits per heavy atom. The van der Waals surface area contributed by atoms with Crippen molar-refractivity contribution in [1.29, 1.82) is 0 Å². The van der Waals surface area contributed by atoms with Gasteiger partial charge in [-0.1, -0.05) is 90.0 Å². The molecule has 3 heterocycles. The number of fused-ring (bicyclic) bond motifs is 1. The SMILES string of the molecule is CN(C)CCc1c[nH]c2ccc(CS(=O)(=O)N3CCCC3)cc12.Cc1cccc(CN2CCN(C(c3ccccc3)c3ccc(Cl)cc3)CC2)c1. The lowest BCUT2D eigenvalue weighted by Crippen LogP contribution is -2.47. The molecule has 0 aliphatic carbocycles. The highest BCUT2D eigenvalue weighted by molar-refractivity contribution is 7.88. The molecule has 1 aromatic heterocycles. The molecule has 7 rings (SSSR count). The van der Waals surface area contributed by atoms with Gasteiger partial charge in [-0.25, -0.2) is 12.7 Å². The minimum atomic E-state index is -3.19. The molecule has 270 valence electrons. The van der Waals surface area contributed by atoms with Gasteiger partial charge in [0.05, 0.1) is 11.8 Å². The average Bonchev–Trinajstić information content (AvgIpc) is 3.81. The Labute approximate surface area is 309 Å². The molecule has 2 aliphatic rings. The topological polar surface area (TPSA) is 62.9 Å². The molecule has 2 aliphatic heterocycles. The van der Waals surface area contributed by atoms with Crippen LogP contribution in [-0.2, 0) is 28.7 Å². The predicted octanol–water partition coefficient (Wildman–Crippen LogP) is 7.75. The number of hydrogen-bond donors (Lipinski definition) is 1. The minimum absolute atomic E-state index is 0.0985. The van der Waals surface area contributed by atoms with Crippen LogP contribution in [-0.4, -0.2) is 92.3 Å². The summed E-state index contributed by atoms with van der Waals surface area (Å²) in [5, 5.41) is 1.93. The zero-order chi connectivity index (χ0) is 35.8. The first kappa shape index (κ1) is 37.3. The van der Waals surface area contributed by atoms with Gasteiger partial charge in [0.15, 0.2) is 0 Å². The van der Waals surface area contributed by atoms with Crippen molar-refractivity contribution in [3.05, 3.63) is 142 Å². The molecular weight excluding hydrogens is 674 g/mol. The van der Waals surface area contributed by atoms with E-state index in [1.165, 1.54) is 27.8 Å². The van der Waals surface area contributed by atoms with Gasteiger partial charge in [0.2, 0.25) is 10.0 Å². The van der Waals surface area contributed by atoms with Crippen molar-refractivity contribution in [2.75, 3.05) is 59.9 Å². The molecule has 1 N–H and O–H groups in total. The second-order valence-electron chi connectivity index (χ2n) is 14.3. The van der Waals surface area contributed by atoms with E-state index in [1.807, 2.05) is 36.5 Å². The summed E-state index contributed by atoms with van der Waals surface area (Å²) >= 11 is 6.14. The largest absolute Gasteiger partial charge is 0.361 e. The van der Waals surface area contributed by atoms with Crippen molar-refractivity contribution in [3.8, 4) is 0 Å². The van der Waals surface area contributed by atoms with E-state index >= 15 is 0 Å². The van der Waals surface area contributed by atoms with Crippen LogP contribution >= 0.6 is 11.6 Å². The van der Waals surface area contributed by atoms with Crippen molar-refractivity contribution in [3.63, 3.8) is 0 Å². The highest BCUT2D eigenvalue weighted by Gasteiger charge is 2.27. The summed E-state index contributed by atoms with van der Waals surface area (Å²) in [7, 11) is 0.928. The Morgan fingerprint density at radius 1 is 0.784 bits per heavy atom. The fraction of sp³-hybridized carbons (Fsp3) is 0.381. The molecule has 0 spiro atoms. The molecule has 9 heteroatoms. The average molecular weight is 726 g/mol. The number of likely N-dealkylation sites (N-methyl/N-ethyl adjacent to an activating group) is 1. The maximum absolute atomic E-state index is 12.5. The monoisotopic (exact) mass is 725 g/mol. The van der Waals surface area contributed by atoms with Crippen molar-refractivity contribution in [2.45, 2.75) is 44.5 Å². The number of sulfonamides is 1. The molecule has 0 saturated carbocycles. The van der Waals surface area contributed by atoms with Crippen molar-refractivity contribution >= 4 is 32.5 Å². The lowest BCUT2D eigenvalue weighted by Gasteiger charge is -2.40. The van der Waals surface area contributed by atoms with Crippen LogP contribution in [0.1, 0.15) is 52.3 Å². The minimum Gasteiger partial charge on any atom is -0.361 e.